The van der Waals surface area contributed by atoms with Gasteiger partial charge in [0.1, 0.15) is 5.69 Å². The van der Waals surface area contributed by atoms with Crippen LogP contribution in [0.2, 0.25) is 0 Å². The van der Waals surface area contributed by atoms with Gasteiger partial charge >= 0.3 is 0 Å². The van der Waals surface area contributed by atoms with E-state index in [2.05, 4.69) is 39.5 Å². The zero-order valence-corrected chi connectivity index (χ0v) is 14.8. The van der Waals surface area contributed by atoms with Crippen molar-refractivity contribution < 1.29 is 9.21 Å². The number of hydrogen-bond acceptors (Lipinski definition) is 5. The van der Waals surface area contributed by atoms with Crippen LogP contribution in [0.5, 0.6) is 0 Å². The third-order valence-electron chi connectivity index (χ3n) is 4.00. The molecule has 0 aliphatic carbocycles. The van der Waals surface area contributed by atoms with Gasteiger partial charge in [-0.15, -0.1) is 0 Å². The average Bonchev–Trinajstić information content (AvgIpc) is 3.35. The maximum atomic E-state index is 12.1. The Labute approximate surface area is 151 Å². The number of nitrogens with zero attached hydrogens (tertiary/aromatic N) is 3. The van der Waals surface area contributed by atoms with Gasteiger partial charge in [0.15, 0.2) is 11.5 Å². The number of aromatic nitrogens is 2. The van der Waals surface area contributed by atoms with Gasteiger partial charge in [-0.3, -0.25) is 9.89 Å². The Morgan fingerprint density at radius 2 is 2.04 bits per heavy atom. The van der Waals surface area contributed by atoms with Crippen molar-refractivity contribution in [3.63, 3.8) is 0 Å². The van der Waals surface area contributed by atoms with Crippen LogP contribution in [0.1, 0.15) is 29.9 Å². The van der Waals surface area contributed by atoms with Crippen molar-refractivity contribution in [2.75, 3.05) is 18.0 Å². The molecule has 3 aromatic rings. The highest BCUT2D eigenvalue weighted by atomic mass is 16.3. The van der Waals surface area contributed by atoms with E-state index in [1.807, 2.05) is 24.3 Å². The van der Waals surface area contributed by atoms with Gasteiger partial charge in [0.05, 0.1) is 12.5 Å². The SMILES string of the molecule is CCN(CC)c1ccc(/C=N\NC(=O)c2cc(-c3ccco3)[nH]n2)cc1. The second-order valence-corrected chi connectivity index (χ2v) is 5.61. The number of nitrogens with one attached hydrogen (secondary N) is 2. The van der Waals surface area contributed by atoms with Crippen LogP contribution >= 0.6 is 0 Å². The quantitative estimate of drug-likeness (QED) is 0.505. The second-order valence-electron chi connectivity index (χ2n) is 5.61. The van der Waals surface area contributed by atoms with Gasteiger partial charge in [0.2, 0.25) is 0 Å². The molecule has 0 fully saturated rings. The Morgan fingerprint density at radius 1 is 1.27 bits per heavy atom. The Morgan fingerprint density at radius 3 is 2.69 bits per heavy atom. The number of carbonyl (C=O) groups is 1. The molecule has 0 aliphatic rings. The highest BCUT2D eigenvalue weighted by molar-refractivity contribution is 5.94. The summed E-state index contributed by atoms with van der Waals surface area (Å²) < 4.78 is 5.26. The van der Waals surface area contributed by atoms with Crippen LogP contribution in [0.25, 0.3) is 11.5 Å². The first kappa shape index (κ1) is 17.5. The minimum absolute atomic E-state index is 0.241. The lowest BCUT2D eigenvalue weighted by molar-refractivity contribution is 0.0950. The largest absolute Gasteiger partial charge is 0.463 e. The summed E-state index contributed by atoms with van der Waals surface area (Å²) in [6.45, 7) is 6.18. The molecule has 3 rings (SSSR count). The minimum Gasteiger partial charge on any atom is -0.463 e. The van der Waals surface area contributed by atoms with Crippen LogP contribution in [0, 0.1) is 0 Å². The van der Waals surface area contributed by atoms with Crippen molar-refractivity contribution >= 4 is 17.8 Å². The summed E-state index contributed by atoms with van der Waals surface area (Å²) in [6, 6.07) is 13.2. The Balaban J connectivity index is 1.59. The van der Waals surface area contributed by atoms with Crippen molar-refractivity contribution in [3.8, 4) is 11.5 Å². The van der Waals surface area contributed by atoms with Crippen LogP contribution in [0.4, 0.5) is 5.69 Å². The molecule has 134 valence electrons. The number of aromatic amines is 1. The first-order valence-electron chi connectivity index (χ1n) is 8.49. The number of rotatable bonds is 7. The molecule has 0 atom stereocenters. The van der Waals surface area contributed by atoms with Crippen molar-refractivity contribution in [2.45, 2.75) is 13.8 Å². The standard InChI is InChI=1S/C19H21N5O2/c1-3-24(4-2)15-9-7-14(8-10-15)13-20-23-19(25)17-12-16(21-22-17)18-6-5-11-26-18/h5-13H,3-4H2,1-2H3,(H,21,22)(H,23,25)/b20-13-. The Kier molecular flexibility index (Phi) is 5.48. The maximum Gasteiger partial charge on any atom is 0.291 e. The molecule has 0 radical (unpaired) electrons. The third-order valence-corrected chi connectivity index (χ3v) is 4.00. The lowest BCUT2D eigenvalue weighted by atomic mass is 10.2. The van der Waals surface area contributed by atoms with Crippen LogP contribution in [0.15, 0.2) is 58.2 Å². The monoisotopic (exact) mass is 351 g/mol. The molecule has 0 unspecified atom stereocenters. The molecule has 0 aliphatic heterocycles. The van der Waals surface area contributed by atoms with Gasteiger partial charge in [-0.2, -0.15) is 10.2 Å². The summed E-state index contributed by atoms with van der Waals surface area (Å²) in [5.74, 6) is 0.225. The molecule has 26 heavy (non-hydrogen) atoms. The molecule has 2 N–H and O–H groups in total. The van der Waals surface area contributed by atoms with E-state index < -0.39 is 5.91 Å². The molecule has 2 heterocycles. The van der Waals surface area contributed by atoms with Crippen molar-refractivity contribution in [1.82, 2.24) is 15.6 Å². The zero-order chi connectivity index (χ0) is 18.4. The van der Waals surface area contributed by atoms with Crippen LogP contribution in [-0.2, 0) is 0 Å². The molecular weight excluding hydrogens is 330 g/mol. The molecular formula is C19H21N5O2. The van der Waals surface area contributed by atoms with E-state index in [0.29, 0.717) is 11.5 Å². The smallest absolute Gasteiger partial charge is 0.291 e. The van der Waals surface area contributed by atoms with E-state index in [4.69, 9.17) is 4.42 Å². The van der Waals surface area contributed by atoms with E-state index in [9.17, 15) is 4.79 Å². The van der Waals surface area contributed by atoms with Crippen molar-refractivity contribution in [2.24, 2.45) is 5.10 Å². The van der Waals surface area contributed by atoms with Crippen LogP contribution in [0.3, 0.4) is 0 Å². The number of furan rings is 1. The molecule has 7 nitrogen and oxygen atoms in total. The minimum atomic E-state index is -0.393. The Bertz CT molecular complexity index is 862. The normalized spacial score (nSPS) is 11.0. The lowest BCUT2D eigenvalue weighted by Gasteiger charge is -2.20. The topological polar surface area (TPSA) is 86.5 Å². The average molecular weight is 351 g/mol. The van der Waals surface area contributed by atoms with Crippen LogP contribution < -0.4 is 10.3 Å². The fraction of sp³-hybridized carbons (Fsp3) is 0.211. The zero-order valence-electron chi connectivity index (χ0n) is 14.8. The summed E-state index contributed by atoms with van der Waals surface area (Å²) in [7, 11) is 0. The summed E-state index contributed by atoms with van der Waals surface area (Å²) in [6.07, 6.45) is 3.16. The molecule has 0 bridgehead atoms. The first-order chi connectivity index (χ1) is 12.7. The first-order valence-corrected chi connectivity index (χ1v) is 8.49. The van der Waals surface area contributed by atoms with E-state index in [1.165, 1.54) is 0 Å². The molecule has 0 spiro atoms. The van der Waals surface area contributed by atoms with E-state index in [1.54, 1.807) is 30.7 Å². The predicted octanol–water partition coefficient (Wildman–Crippen LogP) is 3.28. The molecule has 0 saturated carbocycles. The van der Waals surface area contributed by atoms with Gasteiger partial charge in [-0.25, -0.2) is 5.43 Å². The van der Waals surface area contributed by atoms with Gasteiger partial charge < -0.3 is 9.32 Å². The van der Waals surface area contributed by atoms with E-state index in [0.717, 1.165) is 24.3 Å². The number of amides is 1. The fourth-order valence-corrected chi connectivity index (χ4v) is 2.58. The van der Waals surface area contributed by atoms with E-state index in [-0.39, 0.29) is 5.69 Å². The third kappa shape index (κ3) is 4.00. The highest BCUT2D eigenvalue weighted by Gasteiger charge is 2.11. The van der Waals surface area contributed by atoms with Gasteiger partial charge in [-0.1, -0.05) is 12.1 Å². The number of anilines is 1. The molecule has 1 aromatic carbocycles. The van der Waals surface area contributed by atoms with Crippen LogP contribution in [-0.4, -0.2) is 35.4 Å². The number of H-pyrrole nitrogens is 1. The summed E-state index contributed by atoms with van der Waals surface area (Å²) in [5.41, 5.74) is 5.42. The highest BCUT2D eigenvalue weighted by Crippen LogP contribution is 2.17. The summed E-state index contributed by atoms with van der Waals surface area (Å²) in [4.78, 5) is 14.4. The molecule has 0 saturated heterocycles. The molecule has 7 heteroatoms. The number of hydrazone groups is 1. The van der Waals surface area contributed by atoms with Gasteiger partial charge in [-0.05, 0) is 43.7 Å². The van der Waals surface area contributed by atoms with E-state index >= 15 is 0 Å². The van der Waals surface area contributed by atoms with Gasteiger partial charge in [0.25, 0.3) is 5.91 Å². The summed E-state index contributed by atoms with van der Waals surface area (Å²) in [5, 5.41) is 10.7. The second kappa shape index (κ2) is 8.15. The Hall–Kier alpha value is -3.35. The lowest BCUT2D eigenvalue weighted by Crippen LogP contribution is -2.21. The number of carbonyl (C=O) groups excluding carboxylic acids is 1. The van der Waals surface area contributed by atoms with Gasteiger partial charge in [0, 0.05) is 24.8 Å². The fourth-order valence-electron chi connectivity index (χ4n) is 2.58. The number of benzene rings is 1. The number of hydrogen-bond donors (Lipinski definition) is 2. The van der Waals surface area contributed by atoms with Crippen molar-refractivity contribution in [1.29, 1.82) is 0 Å². The predicted molar refractivity (Wildman–Crippen MR) is 101 cm³/mol. The molecule has 2 aromatic heterocycles. The molecule has 1 amide bonds. The van der Waals surface area contributed by atoms with Crippen molar-refractivity contribution in [3.05, 3.63) is 60.0 Å². The summed E-state index contributed by atoms with van der Waals surface area (Å²) >= 11 is 0. The maximum absolute atomic E-state index is 12.1.